The van der Waals surface area contributed by atoms with E-state index in [-0.39, 0.29) is 5.78 Å². The van der Waals surface area contributed by atoms with Crippen LogP contribution in [0.3, 0.4) is 0 Å². The lowest BCUT2D eigenvalue weighted by atomic mass is 10.0. The largest absolute Gasteiger partial charge is 0.446 e. The fourth-order valence-electron chi connectivity index (χ4n) is 1.47. The van der Waals surface area contributed by atoms with Crippen LogP contribution < -0.4 is 5.73 Å². The summed E-state index contributed by atoms with van der Waals surface area (Å²) in [4.78, 5) is 12.1. The lowest BCUT2D eigenvalue weighted by Gasteiger charge is -2.05. The number of benzene rings is 1. The van der Waals surface area contributed by atoms with Crippen molar-refractivity contribution < 1.29 is 9.21 Å². The molecule has 16 heavy (non-hydrogen) atoms. The summed E-state index contributed by atoms with van der Waals surface area (Å²) in [5.41, 5.74) is 7.71. The highest BCUT2D eigenvalue weighted by atomic mass is 79.9. The zero-order chi connectivity index (χ0) is 11.7. The van der Waals surface area contributed by atoms with Gasteiger partial charge in [0.25, 0.3) is 0 Å². The maximum atomic E-state index is 12.1. The third-order valence-corrected chi connectivity index (χ3v) is 2.84. The summed E-state index contributed by atoms with van der Waals surface area (Å²) in [6.07, 6.45) is 0. The van der Waals surface area contributed by atoms with Gasteiger partial charge in [-0.15, -0.1) is 0 Å². The molecule has 0 radical (unpaired) electrons. The molecule has 0 saturated carbocycles. The van der Waals surface area contributed by atoms with Crippen molar-refractivity contribution in [3.8, 4) is 0 Å². The van der Waals surface area contributed by atoms with E-state index in [4.69, 9.17) is 10.2 Å². The van der Waals surface area contributed by atoms with Crippen LogP contribution in [0.4, 0.5) is 5.69 Å². The van der Waals surface area contributed by atoms with E-state index in [9.17, 15) is 4.79 Å². The first-order valence-electron chi connectivity index (χ1n) is 4.74. The molecule has 0 atom stereocenters. The SMILES string of the molecule is Cc1c(N)cccc1C(=O)c1ccc(Br)o1. The van der Waals surface area contributed by atoms with Crippen LogP contribution in [0, 0.1) is 6.92 Å². The summed E-state index contributed by atoms with van der Waals surface area (Å²) in [6, 6.07) is 8.59. The monoisotopic (exact) mass is 279 g/mol. The first-order valence-corrected chi connectivity index (χ1v) is 5.54. The molecule has 0 spiro atoms. The van der Waals surface area contributed by atoms with E-state index in [1.165, 1.54) is 0 Å². The molecule has 0 aliphatic carbocycles. The topological polar surface area (TPSA) is 56.2 Å². The minimum Gasteiger partial charge on any atom is -0.446 e. The Hall–Kier alpha value is -1.55. The molecule has 1 aromatic carbocycles. The molecule has 0 amide bonds. The Kier molecular flexibility index (Phi) is 2.83. The molecular formula is C12H10BrNO2. The van der Waals surface area contributed by atoms with Crippen molar-refractivity contribution in [3.05, 3.63) is 51.9 Å². The van der Waals surface area contributed by atoms with Gasteiger partial charge in [0.05, 0.1) is 0 Å². The number of carbonyl (C=O) groups excluding carboxylic acids is 1. The molecule has 0 aliphatic rings. The van der Waals surface area contributed by atoms with E-state index in [1.54, 1.807) is 30.3 Å². The normalized spacial score (nSPS) is 10.4. The van der Waals surface area contributed by atoms with Crippen molar-refractivity contribution >= 4 is 27.4 Å². The lowest BCUT2D eigenvalue weighted by Crippen LogP contribution is -2.04. The van der Waals surface area contributed by atoms with E-state index in [1.807, 2.05) is 6.92 Å². The second-order valence-electron chi connectivity index (χ2n) is 3.45. The lowest BCUT2D eigenvalue weighted by molar-refractivity contribution is 0.101. The van der Waals surface area contributed by atoms with Crippen LogP contribution in [-0.4, -0.2) is 5.78 Å². The first-order chi connectivity index (χ1) is 7.59. The predicted octanol–water partition coefficient (Wildman–Crippen LogP) is 3.16. The molecule has 0 fully saturated rings. The zero-order valence-electron chi connectivity index (χ0n) is 8.66. The van der Waals surface area contributed by atoms with Gasteiger partial charge < -0.3 is 10.2 Å². The van der Waals surface area contributed by atoms with E-state index in [0.29, 0.717) is 21.7 Å². The third-order valence-electron chi connectivity index (χ3n) is 2.42. The number of rotatable bonds is 2. The maximum Gasteiger partial charge on any atom is 0.228 e. The molecule has 0 aliphatic heterocycles. The van der Waals surface area contributed by atoms with Crippen LogP contribution in [0.25, 0.3) is 0 Å². The Balaban J connectivity index is 2.45. The molecule has 1 heterocycles. The van der Waals surface area contributed by atoms with E-state index >= 15 is 0 Å². The highest BCUT2D eigenvalue weighted by Crippen LogP contribution is 2.21. The average molecular weight is 280 g/mol. The average Bonchev–Trinajstić information content (AvgIpc) is 2.68. The quantitative estimate of drug-likeness (QED) is 0.679. The van der Waals surface area contributed by atoms with Crippen molar-refractivity contribution in [1.29, 1.82) is 0 Å². The predicted molar refractivity (Wildman–Crippen MR) is 65.4 cm³/mol. The Bertz CT molecular complexity index is 546. The van der Waals surface area contributed by atoms with Crippen molar-refractivity contribution in [2.75, 3.05) is 5.73 Å². The Morgan fingerprint density at radius 2 is 2.06 bits per heavy atom. The maximum absolute atomic E-state index is 12.1. The minimum atomic E-state index is -0.157. The van der Waals surface area contributed by atoms with Gasteiger partial charge >= 0.3 is 0 Å². The Morgan fingerprint density at radius 3 is 2.69 bits per heavy atom. The van der Waals surface area contributed by atoms with Crippen LogP contribution in [-0.2, 0) is 0 Å². The van der Waals surface area contributed by atoms with Gasteiger partial charge in [0.1, 0.15) is 0 Å². The van der Waals surface area contributed by atoms with Gasteiger partial charge in [0.2, 0.25) is 5.78 Å². The van der Waals surface area contributed by atoms with Crippen molar-refractivity contribution in [1.82, 2.24) is 0 Å². The number of hydrogen-bond donors (Lipinski definition) is 1. The molecule has 1 aromatic heterocycles. The number of nitrogen functional groups attached to an aromatic ring is 1. The van der Waals surface area contributed by atoms with Crippen LogP contribution in [0.1, 0.15) is 21.7 Å². The van der Waals surface area contributed by atoms with E-state index in [0.717, 1.165) is 5.56 Å². The van der Waals surface area contributed by atoms with Gasteiger partial charge in [-0.1, -0.05) is 12.1 Å². The van der Waals surface area contributed by atoms with Gasteiger partial charge in [-0.2, -0.15) is 0 Å². The molecule has 2 aromatic rings. The molecule has 4 heteroatoms. The first kappa shape index (κ1) is 11.0. The second kappa shape index (κ2) is 4.14. The summed E-state index contributed by atoms with van der Waals surface area (Å²) in [5.74, 6) is 0.149. The fraction of sp³-hybridized carbons (Fsp3) is 0.0833. The number of nitrogens with two attached hydrogens (primary N) is 1. The molecule has 0 bridgehead atoms. The Labute approximate surface area is 101 Å². The molecule has 0 saturated heterocycles. The van der Waals surface area contributed by atoms with Crippen molar-refractivity contribution in [2.45, 2.75) is 6.92 Å². The fourth-order valence-corrected chi connectivity index (χ4v) is 1.78. The third kappa shape index (κ3) is 1.88. The summed E-state index contributed by atoms with van der Waals surface area (Å²) >= 11 is 3.16. The minimum absolute atomic E-state index is 0.157. The van der Waals surface area contributed by atoms with Gasteiger partial charge in [-0.05, 0) is 46.6 Å². The summed E-state index contributed by atoms with van der Waals surface area (Å²) < 4.78 is 5.76. The molecule has 2 rings (SSSR count). The van der Waals surface area contributed by atoms with Crippen LogP contribution in [0.15, 0.2) is 39.4 Å². The van der Waals surface area contributed by atoms with Crippen LogP contribution >= 0.6 is 15.9 Å². The number of furan rings is 1. The number of carbonyl (C=O) groups is 1. The van der Waals surface area contributed by atoms with E-state index in [2.05, 4.69) is 15.9 Å². The highest BCUT2D eigenvalue weighted by molar-refractivity contribution is 9.10. The number of anilines is 1. The second-order valence-corrected chi connectivity index (χ2v) is 4.23. The standard InChI is InChI=1S/C12H10BrNO2/c1-7-8(3-2-4-9(7)14)12(15)10-5-6-11(13)16-10/h2-6H,14H2,1H3. The number of halogens is 1. The molecule has 82 valence electrons. The van der Waals surface area contributed by atoms with Gasteiger partial charge in [0.15, 0.2) is 10.4 Å². The number of hydrogen-bond acceptors (Lipinski definition) is 3. The highest BCUT2D eigenvalue weighted by Gasteiger charge is 2.16. The van der Waals surface area contributed by atoms with Crippen LogP contribution in [0.2, 0.25) is 0 Å². The zero-order valence-corrected chi connectivity index (χ0v) is 10.2. The van der Waals surface area contributed by atoms with Gasteiger partial charge in [-0.25, -0.2) is 0 Å². The summed E-state index contributed by atoms with van der Waals surface area (Å²) in [5, 5.41) is 0. The van der Waals surface area contributed by atoms with Crippen LogP contribution in [0.5, 0.6) is 0 Å². The molecule has 3 nitrogen and oxygen atoms in total. The molecule has 0 unspecified atom stereocenters. The number of ketones is 1. The van der Waals surface area contributed by atoms with Crippen molar-refractivity contribution in [3.63, 3.8) is 0 Å². The Morgan fingerprint density at radius 1 is 1.31 bits per heavy atom. The van der Waals surface area contributed by atoms with Gasteiger partial charge in [-0.3, -0.25) is 4.79 Å². The van der Waals surface area contributed by atoms with Gasteiger partial charge in [0, 0.05) is 11.3 Å². The van der Waals surface area contributed by atoms with Crippen molar-refractivity contribution in [2.24, 2.45) is 0 Å². The molecule has 2 N–H and O–H groups in total. The summed E-state index contributed by atoms with van der Waals surface area (Å²) in [7, 11) is 0. The molecular weight excluding hydrogens is 270 g/mol. The van der Waals surface area contributed by atoms with E-state index < -0.39 is 0 Å². The smallest absolute Gasteiger partial charge is 0.228 e. The summed E-state index contributed by atoms with van der Waals surface area (Å²) in [6.45, 7) is 1.82.